The van der Waals surface area contributed by atoms with Gasteiger partial charge in [0, 0.05) is 11.6 Å². The van der Waals surface area contributed by atoms with Gasteiger partial charge in [0.2, 0.25) is 5.82 Å². The van der Waals surface area contributed by atoms with Crippen LogP contribution in [0.4, 0.5) is 54.0 Å². The Balaban J connectivity index is 1.53. The normalized spacial score (nSPS) is 12.3. The van der Waals surface area contributed by atoms with E-state index in [4.69, 9.17) is 0 Å². The van der Waals surface area contributed by atoms with Gasteiger partial charge in [0.1, 0.15) is 11.5 Å². The molecule has 0 unspecified atom stereocenters. The van der Waals surface area contributed by atoms with Crippen LogP contribution in [0.2, 0.25) is 0 Å². The number of hydrogen-bond donors (Lipinski definition) is 1. The van der Waals surface area contributed by atoms with Gasteiger partial charge in [-0.25, -0.2) is 35.8 Å². The van der Waals surface area contributed by atoms with Crippen molar-refractivity contribution in [3.8, 4) is 11.3 Å². The number of rotatable bonds is 6. The van der Waals surface area contributed by atoms with Crippen LogP contribution in [-0.2, 0) is 12.5 Å². The maximum absolute atomic E-state index is 14.6. The van der Waals surface area contributed by atoms with Crippen LogP contribution in [0.5, 0.6) is 0 Å². The summed E-state index contributed by atoms with van der Waals surface area (Å²) in [5.74, 6) is -18.3. The number of nitrogens with zero attached hydrogens (tertiary/aromatic N) is 5. The number of aryl methyl sites for hydroxylation is 1. The summed E-state index contributed by atoms with van der Waals surface area (Å²) >= 11 is 0. The second-order valence-electron chi connectivity index (χ2n) is 9.61. The smallest absolute Gasteiger partial charge is 0.317 e. The Hall–Kier alpha value is -5.03. The third kappa shape index (κ3) is 5.33. The Kier molecular flexibility index (Phi) is 7.57. The first-order valence-electron chi connectivity index (χ1n) is 12.4. The zero-order chi connectivity index (χ0) is 33.2. The maximum Gasteiger partial charge on any atom is 0.459 e. The van der Waals surface area contributed by atoms with E-state index < -0.39 is 87.7 Å². The van der Waals surface area contributed by atoms with E-state index in [-0.39, 0.29) is 27.2 Å². The minimum Gasteiger partial charge on any atom is -0.317 e. The Bertz CT molecular complexity index is 1950. The molecular formula is C27H15F11N6O. The molecule has 18 heteroatoms. The fourth-order valence-corrected chi connectivity index (χ4v) is 4.37. The average molecular weight is 648 g/mol. The Morgan fingerprint density at radius 3 is 1.98 bits per heavy atom. The summed E-state index contributed by atoms with van der Waals surface area (Å²) in [6, 6.07) is 5.21. The van der Waals surface area contributed by atoms with Crippen molar-refractivity contribution < 1.29 is 53.1 Å². The summed E-state index contributed by atoms with van der Waals surface area (Å²) in [4.78, 5) is 17.1. The summed E-state index contributed by atoms with van der Waals surface area (Å²) in [5.41, 5.74) is -4.95. The lowest BCUT2D eigenvalue weighted by molar-refractivity contribution is -0.291. The maximum atomic E-state index is 14.6. The van der Waals surface area contributed by atoms with E-state index in [1.165, 1.54) is 13.8 Å². The van der Waals surface area contributed by atoms with Gasteiger partial charge in [0.15, 0.2) is 34.6 Å². The van der Waals surface area contributed by atoms with Crippen LogP contribution < -0.4 is 5.32 Å². The van der Waals surface area contributed by atoms with E-state index in [2.05, 4.69) is 20.5 Å². The Morgan fingerprint density at radius 1 is 0.822 bits per heavy atom. The number of carbonyl (C=O) groups excluding carboxylic acids is 1. The summed E-state index contributed by atoms with van der Waals surface area (Å²) in [6.45, 7) is 1.58. The molecule has 2 aromatic carbocycles. The molecule has 0 aliphatic rings. The quantitative estimate of drug-likeness (QED) is 0.122. The molecule has 7 nitrogen and oxygen atoms in total. The van der Waals surface area contributed by atoms with Crippen LogP contribution in [-0.4, -0.2) is 36.5 Å². The molecule has 0 atom stereocenters. The molecule has 3 heterocycles. The highest BCUT2D eigenvalue weighted by Crippen LogP contribution is 2.44. The monoisotopic (exact) mass is 648 g/mol. The first kappa shape index (κ1) is 31.4. The molecule has 236 valence electrons. The molecule has 5 aromatic rings. The van der Waals surface area contributed by atoms with Gasteiger partial charge in [-0.1, -0.05) is 0 Å². The molecule has 0 spiro atoms. The van der Waals surface area contributed by atoms with Gasteiger partial charge >= 0.3 is 12.1 Å². The summed E-state index contributed by atoms with van der Waals surface area (Å²) in [6.07, 6.45) is -6.09. The SMILES string of the molecule is Cc1nn(Cc2c(F)c(F)c(F)c(F)c2F)c(C)c1NC(=O)c1cc2nc(-c3ccc(F)cc3)cc(C(F)(F)C(F)(F)F)n2n1. The van der Waals surface area contributed by atoms with Gasteiger partial charge in [-0.2, -0.15) is 32.1 Å². The largest absolute Gasteiger partial charge is 0.459 e. The standard InChI is InChI=1S/C27H15F11N6O/c1-10-24(11(2)43(41-10)9-14-19(29)21(31)23(33)22(32)20(14)30)40-25(45)16-8-18-39-15(12-3-5-13(28)6-4-12)7-17(44(18)42-16)26(34,35)27(36,37)38/h3-8H,9H2,1-2H3,(H,40,45). The Labute approximate surface area is 243 Å². The topological polar surface area (TPSA) is 77.1 Å². The number of carbonyl (C=O) groups is 1. The number of nitrogens with one attached hydrogen (secondary N) is 1. The fraction of sp³-hybridized carbons (Fsp3) is 0.185. The fourth-order valence-electron chi connectivity index (χ4n) is 4.37. The van der Waals surface area contributed by atoms with Gasteiger partial charge in [-0.3, -0.25) is 9.48 Å². The van der Waals surface area contributed by atoms with Crippen LogP contribution in [0.3, 0.4) is 0 Å². The van der Waals surface area contributed by atoms with Crippen molar-refractivity contribution >= 4 is 17.2 Å². The van der Waals surface area contributed by atoms with E-state index >= 15 is 0 Å². The van der Waals surface area contributed by atoms with Crippen molar-refractivity contribution in [2.75, 3.05) is 5.32 Å². The molecule has 5 rings (SSSR count). The zero-order valence-electron chi connectivity index (χ0n) is 22.5. The van der Waals surface area contributed by atoms with E-state index in [0.717, 1.165) is 35.0 Å². The third-order valence-corrected chi connectivity index (χ3v) is 6.71. The number of amides is 1. The zero-order valence-corrected chi connectivity index (χ0v) is 22.5. The molecule has 0 bridgehead atoms. The number of alkyl halides is 5. The van der Waals surface area contributed by atoms with Crippen LogP contribution in [0, 0.1) is 48.8 Å². The van der Waals surface area contributed by atoms with Crippen molar-refractivity contribution in [2.24, 2.45) is 0 Å². The summed E-state index contributed by atoms with van der Waals surface area (Å²) in [5, 5.41) is 9.80. The summed E-state index contributed by atoms with van der Waals surface area (Å²) < 4.78 is 153. The lowest BCUT2D eigenvalue weighted by Crippen LogP contribution is -2.36. The van der Waals surface area contributed by atoms with Gasteiger partial charge in [-0.05, 0) is 44.2 Å². The third-order valence-electron chi connectivity index (χ3n) is 6.71. The van der Waals surface area contributed by atoms with Crippen LogP contribution in [0.1, 0.15) is 33.1 Å². The molecule has 0 saturated heterocycles. The lowest BCUT2D eigenvalue weighted by Gasteiger charge is -2.21. The minimum absolute atomic E-state index is 0.0298. The van der Waals surface area contributed by atoms with Crippen molar-refractivity contribution in [1.29, 1.82) is 0 Å². The first-order chi connectivity index (χ1) is 20.9. The number of hydrogen-bond acceptors (Lipinski definition) is 4. The first-order valence-corrected chi connectivity index (χ1v) is 12.4. The van der Waals surface area contributed by atoms with E-state index in [0.29, 0.717) is 6.07 Å². The van der Waals surface area contributed by atoms with Crippen LogP contribution in [0.25, 0.3) is 16.9 Å². The predicted molar refractivity (Wildman–Crippen MR) is 133 cm³/mol. The van der Waals surface area contributed by atoms with Crippen molar-refractivity contribution in [3.05, 3.63) is 99.6 Å². The molecule has 0 saturated carbocycles. The van der Waals surface area contributed by atoms with Gasteiger partial charge in [-0.15, -0.1) is 0 Å². The number of anilines is 1. The molecule has 1 N–H and O–H groups in total. The Morgan fingerprint density at radius 2 is 1.40 bits per heavy atom. The number of aromatic nitrogens is 5. The molecule has 3 aromatic heterocycles. The minimum atomic E-state index is -6.09. The number of benzene rings is 2. The molecule has 1 amide bonds. The molecule has 0 aliphatic carbocycles. The molecule has 0 aliphatic heterocycles. The predicted octanol–water partition coefficient (Wildman–Crippen LogP) is 7.00. The molecule has 0 fully saturated rings. The van der Waals surface area contributed by atoms with Gasteiger partial charge < -0.3 is 5.32 Å². The second-order valence-corrected chi connectivity index (χ2v) is 9.61. The van der Waals surface area contributed by atoms with Crippen molar-refractivity contribution in [1.82, 2.24) is 24.4 Å². The molecule has 45 heavy (non-hydrogen) atoms. The van der Waals surface area contributed by atoms with Gasteiger partial charge in [0.25, 0.3) is 5.91 Å². The van der Waals surface area contributed by atoms with Crippen molar-refractivity contribution in [2.45, 2.75) is 32.5 Å². The second kappa shape index (κ2) is 10.8. The molecule has 0 radical (unpaired) electrons. The number of fused-ring (bicyclic) bond motifs is 1. The van der Waals surface area contributed by atoms with Gasteiger partial charge in [0.05, 0.1) is 34.9 Å². The van der Waals surface area contributed by atoms with Crippen LogP contribution >= 0.6 is 0 Å². The van der Waals surface area contributed by atoms with Crippen molar-refractivity contribution in [3.63, 3.8) is 0 Å². The highest BCUT2D eigenvalue weighted by atomic mass is 19.4. The summed E-state index contributed by atoms with van der Waals surface area (Å²) in [7, 11) is 0. The highest BCUT2D eigenvalue weighted by Gasteiger charge is 2.60. The average Bonchev–Trinajstić information content (AvgIpc) is 3.53. The number of halogens is 11. The van der Waals surface area contributed by atoms with E-state index in [9.17, 15) is 53.1 Å². The lowest BCUT2D eigenvalue weighted by atomic mass is 10.1. The van der Waals surface area contributed by atoms with E-state index in [1.807, 2.05) is 0 Å². The molecular weight excluding hydrogens is 633 g/mol. The van der Waals surface area contributed by atoms with Crippen LogP contribution in [0.15, 0.2) is 36.4 Å². The van der Waals surface area contributed by atoms with E-state index in [1.54, 1.807) is 0 Å². The highest BCUT2D eigenvalue weighted by molar-refractivity contribution is 6.04.